The van der Waals surface area contributed by atoms with Crippen molar-refractivity contribution in [1.29, 1.82) is 0 Å². The van der Waals surface area contributed by atoms with Crippen LogP contribution < -0.4 is 10.6 Å². The molecule has 0 saturated heterocycles. The summed E-state index contributed by atoms with van der Waals surface area (Å²) < 4.78 is 5.06. The van der Waals surface area contributed by atoms with Crippen molar-refractivity contribution in [3.63, 3.8) is 0 Å². The molecule has 0 aromatic heterocycles. The Balaban J connectivity index is 0.00000361. The average molecular weight is 398 g/mol. The van der Waals surface area contributed by atoms with E-state index in [1.165, 1.54) is 25.7 Å². The summed E-state index contributed by atoms with van der Waals surface area (Å²) in [7, 11) is 5.72. The standard InChI is InChI=1S/C14H30N4O.HI/c1-15-14(17-13-7-4-5-8-13)16-9-6-10-18(2)11-12-19-3;/h13H,4-12H2,1-3H3,(H2,15,16,17);1H. The van der Waals surface area contributed by atoms with Crippen LogP contribution in [0.1, 0.15) is 32.1 Å². The molecule has 1 fully saturated rings. The SMILES string of the molecule is CN=C(NCCCN(C)CCOC)NC1CCCC1.I. The predicted octanol–water partition coefficient (Wildman–Crippen LogP) is 1.68. The maximum atomic E-state index is 5.06. The highest BCUT2D eigenvalue weighted by atomic mass is 127. The quantitative estimate of drug-likeness (QED) is 0.283. The highest BCUT2D eigenvalue weighted by Crippen LogP contribution is 2.17. The zero-order chi connectivity index (χ0) is 13.9. The van der Waals surface area contributed by atoms with E-state index in [1.807, 2.05) is 7.05 Å². The van der Waals surface area contributed by atoms with Gasteiger partial charge >= 0.3 is 0 Å². The number of methoxy groups -OCH3 is 1. The number of ether oxygens (including phenoxy) is 1. The molecule has 1 rings (SSSR count). The molecule has 0 aromatic rings. The minimum absolute atomic E-state index is 0. The zero-order valence-corrected chi connectivity index (χ0v) is 15.5. The predicted molar refractivity (Wildman–Crippen MR) is 96.2 cm³/mol. The van der Waals surface area contributed by atoms with Gasteiger partial charge in [0, 0.05) is 33.3 Å². The van der Waals surface area contributed by atoms with Crippen molar-refractivity contribution in [2.45, 2.75) is 38.1 Å². The van der Waals surface area contributed by atoms with Crippen LogP contribution in [0.3, 0.4) is 0 Å². The summed E-state index contributed by atoms with van der Waals surface area (Å²) in [4.78, 5) is 6.57. The van der Waals surface area contributed by atoms with Crippen LogP contribution in [-0.4, -0.2) is 64.3 Å². The van der Waals surface area contributed by atoms with Crippen molar-refractivity contribution in [3.8, 4) is 0 Å². The van der Waals surface area contributed by atoms with Gasteiger partial charge in [0.1, 0.15) is 0 Å². The molecular formula is C14H31IN4O. The van der Waals surface area contributed by atoms with Gasteiger partial charge in [0.25, 0.3) is 0 Å². The molecule has 120 valence electrons. The molecular weight excluding hydrogens is 367 g/mol. The topological polar surface area (TPSA) is 48.9 Å². The number of likely N-dealkylation sites (N-methyl/N-ethyl adjacent to an activating group) is 1. The van der Waals surface area contributed by atoms with Crippen molar-refractivity contribution < 1.29 is 4.74 Å². The summed E-state index contributed by atoms with van der Waals surface area (Å²) in [6.45, 7) is 3.83. The number of rotatable bonds is 8. The van der Waals surface area contributed by atoms with Crippen molar-refractivity contribution in [2.75, 3.05) is 47.4 Å². The van der Waals surface area contributed by atoms with E-state index in [0.29, 0.717) is 6.04 Å². The highest BCUT2D eigenvalue weighted by molar-refractivity contribution is 14.0. The van der Waals surface area contributed by atoms with Gasteiger partial charge in [-0.25, -0.2) is 0 Å². The lowest BCUT2D eigenvalue weighted by Gasteiger charge is -2.18. The Morgan fingerprint density at radius 2 is 2.00 bits per heavy atom. The Kier molecular flexibility index (Phi) is 12.6. The molecule has 0 amide bonds. The largest absolute Gasteiger partial charge is 0.383 e. The number of aliphatic imine (C=N–C) groups is 1. The first-order valence-corrected chi connectivity index (χ1v) is 7.41. The van der Waals surface area contributed by atoms with Crippen molar-refractivity contribution in [3.05, 3.63) is 0 Å². The minimum Gasteiger partial charge on any atom is -0.383 e. The lowest BCUT2D eigenvalue weighted by molar-refractivity contribution is 0.161. The summed E-state index contributed by atoms with van der Waals surface area (Å²) >= 11 is 0. The molecule has 0 bridgehead atoms. The monoisotopic (exact) mass is 398 g/mol. The molecule has 0 unspecified atom stereocenters. The number of nitrogens with zero attached hydrogens (tertiary/aromatic N) is 2. The molecule has 0 aromatic carbocycles. The van der Waals surface area contributed by atoms with Gasteiger partial charge in [-0.3, -0.25) is 4.99 Å². The summed E-state index contributed by atoms with van der Waals surface area (Å²) in [5, 5.41) is 6.88. The first-order chi connectivity index (χ1) is 9.26. The van der Waals surface area contributed by atoms with Crippen LogP contribution >= 0.6 is 24.0 Å². The second-order valence-corrected chi connectivity index (χ2v) is 5.27. The summed E-state index contributed by atoms with van der Waals surface area (Å²) in [5.41, 5.74) is 0. The van der Waals surface area contributed by atoms with E-state index in [-0.39, 0.29) is 24.0 Å². The van der Waals surface area contributed by atoms with Gasteiger partial charge in [0.05, 0.1) is 6.61 Å². The molecule has 1 aliphatic carbocycles. The van der Waals surface area contributed by atoms with Crippen LogP contribution in [0.5, 0.6) is 0 Å². The molecule has 0 atom stereocenters. The third-order valence-electron chi connectivity index (χ3n) is 3.61. The van der Waals surface area contributed by atoms with Crippen LogP contribution in [0.2, 0.25) is 0 Å². The Morgan fingerprint density at radius 1 is 1.30 bits per heavy atom. The lowest BCUT2D eigenvalue weighted by atomic mass is 10.2. The van der Waals surface area contributed by atoms with Gasteiger partial charge in [-0.05, 0) is 32.9 Å². The third kappa shape index (κ3) is 8.97. The van der Waals surface area contributed by atoms with Gasteiger partial charge in [0.2, 0.25) is 0 Å². The first-order valence-electron chi connectivity index (χ1n) is 7.41. The second-order valence-electron chi connectivity index (χ2n) is 5.27. The molecule has 0 aliphatic heterocycles. The Labute approximate surface area is 140 Å². The average Bonchev–Trinajstić information content (AvgIpc) is 2.92. The Morgan fingerprint density at radius 3 is 2.60 bits per heavy atom. The summed E-state index contributed by atoms with van der Waals surface area (Å²) in [5.74, 6) is 0.950. The number of hydrogen-bond acceptors (Lipinski definition) is 3. The smallest absolute Gasteiger partial charge is 0.191 e. The van der Waals surface area contributed by atoms with Crippen LogP contribution in [-0.2, 0) is 4.74 Å². The van der Waals surface area contributed by atoms with Crippen LogP contribution in [0.25, 0.3) is 0 Å². The van der Waals surface area contributed by atoms with Gasteiger partial charge in [-0.2, -0.15) is 0 Å². The van der Waals surface area contributed by atoms with E-state index in [4.69, 9.17) is 4.74 Å². The fourth-order valence-electron chi connectivity index (χ4n) is 2.37. The minimum atomic E-state index is 0. The first kappa shape index (κ1) is 19.9. The van der Waals surface area contributed by atoms with Crippen molar-refractivity contribution in [2.24, 2.45) is 4.99 Å². The maximum Gasteiger partial charge on any atom is 0.191 e. The Hall–Kier alpha value is -0.0800. The highest BCUT2D eigenvalue weighted by Gasteiger charge is 2.15. The number of halogens is 1. The van der Waals surface area contributed by atoms with Gasteiger partial charge in [-0.1, -0.05) is 12.8 Å². The molecule has 5 nitrogen and oxygen atoms in total. The Bertz CT molecular complexity index is 258. The molecule has 0 heterocycles. The van der Waals surface area contributed by atoms with Gasteiger partial charge in [-0.15, -0.1) is 24.0 Å². The molecule has 0 spiro atoms. The lowest BCUT2D eigenvalue weighted by Crippen LogP contribution is -2.43. The van der Waals surface area contributed by atoms with E-state index in [1.54, 1.807) is 7.11 Å². The van der Waals surface area contributed by atoms with Gasteiger partial charge < -0.3 is 20.3 Å². The summed E-state index contributed by atoms with van der Waals surface area (Å²) in [6.07, 6.45) is 6.37. The van der Waals surface area contributed by atoms with Crippen LogP contribution in [0.4, 0.5) is 0 Å². The zero-order valence-electron chi connectivity index (χ0n) is 13.2. The number of guanidine groups is 1. The fourth-order valence-corrected chi connectivity index (χ4v) is 2.37. The molecule has 2 N–H and O–H groups in total. The number of nitrogens with one attached hydrogen (secondary N) is 2. The maximum absolute atomic E-state index is 5.06. The fraction of sp³-hybridized carbons (Fsp3) is 0.929. The van der Waals surface area contributed by atoms with E-state index in [0.717, 1.165) is 38.6 Å². The van der Waals surface area contributed by atoms with Gasteiger partial charge in [0.15, 0.2) is 5.96 Å². The molecule has 0 radical (unpaired) electrons. The van der Waals surface area contributed by atoms with Crippen LogP contribution in [0, 0.1) is 0 Å². The molecule has 20 heavy (non-hydrogen) atoms. The van der Waals surface area contributed by atoms with Crippen molar-refractivity contribution in [1.82, 2.24) is 15.5 Å². The number of hydrogen-bond donors (Lipinski definition) is 2. The van der Waals surface area contributed by atoms with E-state index in [9.17, 15) is 0 Å². The van der Waals surface area contributed by atoms with Crippen molar-refractivity contribution >= 4 is 29.9 Å². The van der Waals surface area contributed by atoms with E-state index in [2.05, 4.69) is 27.6 Å². The third-order valence-corrected chi connectivity index (χ3v) is 3.61. The molecule has 1 aliphatic rings. The van der Waals surface area contributed by atoms with E-state index >= 15 is 0 Å². The second kappa shape index (κ2) is 12.6. The molecule has 6 heteroatoms. The normalized spacial score (nSPS) is 16.3. The van der Waals surface area contributed by atoms with Crippen LogP contribution in [0.15, 0.2) is 4.99 Å². The van der Waals surface area contributed by atoms with E-state index < -0.39 is 0 Å². The summed E-state index contributed by atoms with van der Waals surface area (Å²) in [6, 6.07) is 0.621. The molecule has 1 saturated carbocycles.